The molecule has 0 amide bonds. The van der Waals surface area contributed by atoms with E-state index >= 15 is 0 Å². The van der Waals surface area contributed by atoms with Crippen LogP contribution in [0.1, 0.15) is 43.6 Å². The second-order valence-electron chi connectivity index (χ2n) is 7.63. The van der Waals surface area contributed by atoms with Crippen LogP contribution in [0.5, 0.6) is 0 Å². The maximum Gasteiger partial charge on any atom is 0.171 e. The van der Waals surface area contributed by atoms with Gasteiger partial charge in [-0.2, -0.15) is 0 Å². The molecule has 0 radical (unpaired) electrons. The number of ketones is 4. The lowest BCUT2D eigenvalue weighted by atomic mass is 9.74. The molecule has 0 aliphatic rings. The van der Waals surface area contributed by atoms with Crippen LogP contribution >= 0.6 is 11.6 Å². The first-order chi connectivity index (χ1) is 14.5. The van der Waals surface area contributed by atoms with Crippen molar-refractivity contribution in [2.45, 2.75) is 34.6 Å². The van der Waals surface area contributed by atoms with Crippen LogP contribution in [-0.4, -0.2) is 23.1 Å². The molecule has 6 heteroatoms. The number of aryl methyl sites for hydroxylation is 1. The molecule has 2 rings (SSSR count). The number of hydrogen-bond donors (Lipinski definition) is 1. The smallest absolute Gasteiger partial charge is 0.171 e. The minimum Gasteiger partial charge on any atom is -0.359 e. The van der Waals surface area contributed by atoms with Gasteiger partial charge in [-0.3, -0.25) is 19.2 Å². The van der Waals surface area contributed by atoms with E-state index in [9.17, 15) is 19.2 Å². The van der Waals surface area contributed by atoms with E-state index in [1.165, 1.54) is 32.9 Å². The Hall–Kier alpha value is -3.05. The first-order valence-corrected chi connectivity index (χ1v) is 10.3. The molecular formula is C25H26ClNO4. The Labute approximate surface area is 187 Å². The number of anilines is 1. The third-order valence-corrected chi connectivity index (χ3v) is 5.35. The number of carbonyl (C=O) groups excluding carboxylic acids is 4. The van der Waals surface area contributed by atoms with Crippen molar-refractivity contribution in [1.82, 2.24) is 0 Å². The molecule has 0 saturated heterocycles. The molecule has 0 spiro atoms. The van der Waals surface area contributed by atoms with Gasteiger partial charge in [-0.25, -0.2) is 0 Å². The van der Waals surface area contributed by atoms with Crippen molar-refractivity contribution in [3.63, 3.8) is 0 Å². The first-order valence-electron chi connectivity index (χ1n) is 9.89. The molecule has 0 aromatic heterocycles. The molecule has 0 aliphatic heterocycles. The molecule has 1 unspecified atom stereocenters. The Morgan fingerprint density at radius 3 is 1.74 bits per heavy atom. The zero-order valence-electron chi connectivity index (χ0n) is 18.3. The Bertz CT molecular complexity index is 1020. The average Bonchev–Trinajstić information content (AvgIpc) is 2.68. The Balaban J connectivity index is 2.66. The molecule has 0 fully saturated rings. The average molecular weight is 440 g/mol. The van der Waals surface area contributed by atoms with Gasteiger partial charge < -0.3 is 5.32 Å². The van der Waals surface area contributed by atoms with Crippen LogP contribution in [0.4, 0.5) is 5.69 Å². The van der Waals surface area contributed by atoms with Crippen molar-refractivity contribution in [3.05, 3.63) is 76.0 Å². The van der Waals surface area contributed by atoms with E-state index in [2.05, 4.69) is 5.32 Å². The zero-order chi connectivity index (χ0) is 23.3. The van der Waals surface area contributed by atoms with Crippen molar-refractivity contribution >= 4 is 40.4 Å². The highest BCUT2D eigenvalue weighted by Gasteiger charge is 2.40. The summed E-state index contributed by atoms with van der Waals surface area (Å²) in [7, 11) is 0. The van der Waals surface area contributed by atoms with Gasteiger partial charge in [0.05, 0.1) is 11.8 Å². The molecule has 31 heavy (non-hydrogen) atoms. The standard InChI is InChI=1S/C25H26ClNO4/c1-14-6-12-21(13-7-14)27-15(2)22(16(3)28)24(23(17(4)29)18(5)30)25(31)19-8-10-20(26)11-9-19/h6-13,23-24,27H,1-5H3. The summed E-state index contributed by atoms with van der Waals surface area (Å²) in [5.41, 5.74) is 2.58. The van der Waals surface area contributed by atoms with Gasteiger partial charge in [0.15, 0.2) is 11.6 Å². The molecule has 0 aliphatic carbocycles. The van der Waals surface area contributed by atoms with Crippen molar-refractivity contribution in [1.29, 1.82) is 0 Å². The van der Waals surface area contributed by atoms with Gasteiger partial charge in [-0.05, 0) is 71.0 Å². The fraction of sp³-hybridized carbons (Fsp3) is 0.280. The number of allylic oxidation sites excluding steroid dienone is 2. The molecule has 0 heterocycles. The second kappa shape index (κ2) is 10.3. The van der Waals surface area contributed by atoms with E-state index in [0.717, 1.165) is 11.3 Å². The van der Waals surface area contributed by atoms with Gasteiger partial charge in [0.25, 0.3) is 0 Å². The minimum absolute atomic E-state index is 0.107. The molecule has 1 atom stereocenters. The maximum absolute atomic E-state index is 13.5. The van der Waals surface area contributed by atoms with Crippen molar-refractivity contribution in [3.8, 4) is 0 Å². The van der Waals surface area contributed by atoms with E-state index in [1.54, 1.807) is 19.1 Å². The molecule has 5 nitrogen and oxygen atoms in total. The lowest BCUT2D eigenvalue weighted by Gasteiger charge is -2.26. The summed E-state index contributed by atoms with van der Waals surface area (Å²) in [4.78, 5) is 51.0. The van der Waals surface area contributed by atoms with Crippen LogP contribution in [0.2, 0.25) is 5.02 Å². The highest BCUT2D eigenvalue weighted by atomic mass is 35.5. The summed E-state index contributed by atoms with van der Waals surface area (Å²) >= 11 is 5.93. The second-order valence-corrected chi connectivity index (χ2v) is 8.07. The van der Waals surface area contributed by atoms with Gasteiger partial charge in [-0.1, -0.05) is 29.3 Å². The van der Waals surface area contributed by atoms with Crippen LogP contribution in [0, 0.1) is 18.8 Å². The Morgan fingerprint density at radius 1 is 0.774 bits per heavy atom. The third-order valence-electron chi connectivity index (χ3n) is 5.10. The van der Waals surface area contributed by atoms with Crippen LogP contribution < -0.4 is 5.32 Å². The maximum atomic E-state index is 13.5. The van der Waals surface area contributed by atoms with Crippen molar-refractivity contribution in [2.24, 2.45) is 11.8 Å². The normalized spacial score (nSPS) is 12.7. The van der Waals surface area contributed by atoms with Crippen LogP contribution in [-0.2, 0) is 14.4 Å². The summed E-state index contributed by atoms with van der Waals surface area (Å²) in [5, 5.41) is 3.59. The first kappa shape index (κ1) is 24.2. The van der Waals surface area contributed by atoms with E-state index in [0.29, 0.717) is 10.7 Å². The number of carbonyl (C=O) groups is 4. The van der Waals surface area contributed by atoms with E-state index < -0.39 is 35.0 Å². The third kappa shape index (κ3) is 5.98. The number of halogens is 1. The van der Waals surface area contributed by atoms with Crippen LogP contribution in [0.15, 0.2) is 59.8 Å². The SMILES string of the molecule is CC(=O)C(=C(C)Nc1ccc(C)cc1)C(C(=O)c1ccc(Cl)cc1)C(C(C)=O)C(C)=O. The number of rotatable bonds is 9. The number of nitrogens with one attached hydrogen (secondary N) is 1. The largest absolute Gasteiger partial charge is 0.359 e. The lowest BCUT2D eigenvalue weighted by molar-refractivity contribution is -0.131. The minimum atomic E-state index is -1.27. The van der Waals surface area contributed by atoms with Crippen LogP contribution in [0.25, 0.3) is 0 Å². The quantitative estimate of drug-likeness (QED) is 0.329. The monoisotopic (exact) mass is 439 g/mol. The molecule has 1 N–H and O–H groups in total. The van der Waals surface area contributed by atoms with Gasteiger partial charge >= 0.3 is 0 Å². The fourth-order valence-corrected chi connectivity index (χ4v) is 3.76. The number of benzene rings is 2. The van der Waals surface area contributed by atoms with Crippen molar-refractivity contribution in [2.75, 3.05) is 5.32 Å². The predicted octanol–water partition coefficient (Wildman–Crippen LogP) is 5.22. The van der Waals surface area contributed by atoms with Gasteiger partial charge in [0.1, 0.15) is 11.6 Å². The molecular weight excluding hydrogens is 414 g/mol. The highest BCUT2D eigenvalue weighted by molar-refractivity contribution is 6.30. The summed E-state index contributed by atoms with van der Waals surface area (Å²) < 4.78 is 0. The molecule has 0 saturated carbocycles. The zero-order valence-corrected chi connectivity index (χ0v) is 19.0. The fourth-order valence-electron chi connectivity index (χ4n) is 3.64. The van der Waals surface area contributed by atoms with Gasteiger partial charge in [0.2, 0.25) is 0 Å². The number of Topliss-reactive ketones (excluding diaryl/α,β-unsaturated/α-hetero) is 4. The molecule has 0 bridgehead atoms. The Kier molecular flexibility index (Phi) is 8.06. The molecule has 2 aromatic rings. The topological polar surface area (TPSA) is 80.3 Å². The Morgan fingerprint density at radius 2 is 1.29 bits per heavy atom. The highest BCUT2D eigenvalue weighted by Crippen LogP contribution is 2.31. The summed E-state index contributed by atoms with van der Waals surface area (Å²) in [5.74, 6) is -4.33. The van der Waals surface area contributed by atoms with Crippen LogP contribution in [0.3, 0.4) is 0 Å². The van der Waals surface area contributed by atoms with E-state index in [-0.39, 0.29) is 11.1 Å². The lowest BCUT2D eigenvalue weighted by Crippen LogP contribution is -2.37. The van der Waals surface area contributed by atoms with Gasteiger partial charge in [0, 0.05) is 27.5 Å². The van der Waals surface area contributed by atoms with E-state index in [1.807, 2.05) is 31.2 Å². The van der Waals surface area contributed by atoms with Gasteiger partial charge in [-0.15, -0.1) is 0 Å². The number of hydrogen-bond acceptors (Lipinski definition) is 5. The molecule has 162 valence electrons. The summed E-state index contributed by atoms with van der Waals surface area (Å²) in [6.45, 7) is 7.47. The summed E-state index contributed by atoms with van der Waals surface area (Å²) in [6, 6.07) is 13.7. The summed E-state index contributed by atoms with van der Waals surface area (Å²) in [6.07, 6.45) is 0. The van der Waals surface area contributed by atoms with Crippen molar-refractivity contribution < 1.29 is 19.2 Å². The predicted molar refractivity (Wildman–Crippen MR) is 122 cm³/mol. The van der Waals surface area contributed by atoms with E-state index in [4.69, 9.17) is 11.6 Å². The molecule has 2 aromatic carbocycles.